The van der Waals surface area contributed by atoms with Gasteiger partial charge >= 0.3 is 5.97 Å². The van der Waals surface area contributed by atoms with Gasteiger partial charge in [-0.2, -0.15) is 0 Å². The molecule has 0 fully saturated rings. The van der Waals surface area contributed by atoms with Gasteiger partial charge in [-0.3, -0.25) is 9.36 Å². The van der Waals surface area contributed by atoms with Crippen molar-refractivity contribution in [2.75, 3.05) is 13.7 Å². The van der Waals surface area contributed by atoms with Gasteiger partial charge in [-0.05, 0) is 70.0 Å². The number of benzene rings is 3. The third kappa shape index (κ3) is 5.90. The number of methoxy groups -OCH3 is 1. The SMILES string of the molecule is CCOC(=O)C1=C(C)N=c2s/c(=C\c3cn(Cc4cccc(C)c4)c4ccccc34)c(=O)n2[C@@H]1c1ccc(OC(C)C)c(OC)c1. The summed E-state index contributed by atoms with van der Waals surface area (Å²) in [5.41, 5.74) is 5.70. The highest BCUT2D eigenvalue weighted by atomic mass is 32.1. The number of fused-ring (bicyclic) bond motifs is 2. The highest BCUT2D eigenvalue weighted by molar-refractivity contribution is 7.07. The van der Waals surface area contributed by atoms with Gasteiger partial charge in [0.2, 0.25) is 0 Å². The lowest BCUT2D eigenvalue weighted by molar-refractivity contribution is -0.139. The molecule has 6 rings (SSSR count). The molecule has 1 atom stereocenters. The third-order valence-corrected chi connectivity index (χ3v) is 8.91. The normalized spacial score (nSPS) is 14.8. The molecule has 1 aliphatic rings. The smallest absolute Gasteiger partial charge is 0.338 e. The second-order valence-electron chi connectivity index (χ2n) is 11.6. The first-order chi connectivity index (χ1) is 22.2. The molecular formula is C37H37N3O5S. The number of ether oxygens (including phenoxy) is 3. The van der Waals surface area contributed by atoms with Crippen LogP contribution in [0.15, 0.2) is 94.0 Å². The average molecular weight is 636 g/mol. The van der Waals surface area contributed by atoms with E-state index in [1.807, 2.05) is 50.3 Å². The summed E-state index contributed by atoms with van der Waals surface area (Å²) in [6, 6.07) is 21.4. The number of thiazole rings is 1. The van der Waals surface area contributed by atoms with Crippen molar-refractivity contribution >= 4 is 34.3 Å². The number of carbonyl (C=O) groups is 1. The Labute approximate surface area is 271 Å². The van der Waals surface area contributed by atoms with Crippen LogP contribution in [0.5, 0.6) is 11.5 Å². The van der Waals surface area contributed by atoms with Gasteiger partial charge in [0.05, 0.1) is 41.7 Å². The van der Waals surface area contributed by atoms with Crippen LogP contribution >= 0.6 is 11.3 Å². The second kappa shape index (κ2) is 12.8. The lowest BCUT2D eigenvalue weighted by Crippen LogP contribution is -2.40. The van der Waals surface area contributed by atoms with Crippen LogP contribution in [0.3, 0.4) is 0 Å². The summed E-state index contributed by atoms with van der Waals surface area (Å²) in [6.45, 7) is 10.4. The van der Waals surface area contributed by atoms with E-state index in [0.29, 0.717) is 44.2 Å². The van der Waals surface area contributed by atoms with Crippen molar-refractivity contribution in [2.45, 2.75) is 53.3 Å². The van der Waals surface area contributed by atoms with Crippen LogP contribution in [-0.2, 0) is 16.1 Å². The first kappa shape index (κ1) is 31.1. The number of hydrogen-bond donors (Lipinski definition) is 0. The van der Waals surface area contributed by atoms with E-state index in [-0.39, 0.29) is 18.3 Å². The zero-order chi connectivity index (χ0) is 32.5. The van der Waals surface area contributed by atoms with Gasteiger partial charge in [-0.25, -0.2) is 9.79 Å². The Morgan fingerprint density at radius 2 is 1.85 bits per heavy atom. The van der Waals surface area contributed by atoms with Gasteiger partial charge in [0, 0.05) is 29.2 Å². The largest absolute Gasteiger partial charge is 0.493 e. The van der Waals surface area contributed by atoms with Crippen LogP contribution in [0.2, 0.25) is 0 Å². The van der Waals surface area contributed by atoms with Crippen molar-refractivity contribution in [3.63, 3.8) is 0 Å². The van der Waals surface area contributed by atoms with Gasteiger partial charge in [0.25, 0.3) is 5.56 Å². The third-order valence-electron chi connectivity index (χ3n) is 7.92. The minimum absolute atomic E-state index is 0.0580. The number of aryl methyl sites for hydroxylation is 1. The van der Waals surface area contributed by atoms with Crippen LogP contribution in [-0.4, -0.2) is 34.9 Å². The molecular weight excluding hydrogens is 598 g/mol. The summed E-state index contributed by atoms with van der Waals surface area (Å²) >= 11 is 1.31. The first-order valence-electron chi connectivity index (χ1n) is 15.4. The lowest BCUT2D eigenvalue weighted by Gasteiger charge is -2.25. The minimum atomic E-state index is -0.762. The van der Waals surface area contributed by atoms with E-state index in [4.69, 9.17) is 19.2 Å². The van der Waals surface area contributed by atoms with Crippen molar-refractivity contribution in [3.05, 3.63) is 126 Å². The van der Waals surface area contributed by atoms with Gasteiger partial charge in [0.1, 0.15) is 0 Å². The summed E-state index contributed by atoms with van der Waals surface area (Å²) in [4.78, 5) is 32.9. The predicted octanol–water partition coefficient (Wildman–Crippen LogP) is 5.91. The van der Waals surface area contributed by atoms with Gasteiger partial charge in [-0.15, -0.1) is 0 Å². The maximum absolute atomic E-state index is 14.3. The Bertz CT molecular complexity index is 2170. The number of rotatable bonds is 9. The van der Waals surface area contributed by atoms with Crippen molar-refractivity contribution in [3.8, 4) is 11.5 Å². The van der Waals surface area contributed by atoms with Crippen LogP contribution in [0.25, 0.3) is 17.0 Å². The van der Waals surface area contributed by atoms with E-state index >= 15 is 0 Å². The Morgan fingerprint density at radius 3 is 2.59 bits per heavy atom. The molecule has 3 aromatic carbocycles. The van der Waals surface area contributed by atoms with Gasteiger partial charge in [0.15, 0.2) is 16.3 Å². The van der Waals surface area contributed by atoms with E-state index in [9.17, 15) is 9.59 Å². The second-order valence-corrected chi connectivity index (χ2v) is 12.6. The maximum atomic E-state index is 14.3. The summed E-state index contributed by atoms with van der Waals surface area (Å²) in [7, 11) is 1.57. The predicted molar refractivity (Wildman–Crippen MR) is 181 cm³/mol. The number of esters is 1. The highest BCUT2D eigenvalue weighted by Crippen LogP contribution is 2.36. The molecule has 0 bridgehead atoms. The summed E-state index contributed by atoms with van der Waals surface area (Å²) in [6.07, 6.45) is 3.97. The summed E-state index contributed by atoms with van der Waals surface area (Å²) < 4.78 is 21.4. The first-order valence-corrected chi connectivity index (χ1v) is 16.2. The van der Waals surface area contributed by atoms with E-state index in [2.05, 4.69) is 54.1 Å². The van der Waals surface area contributed by atoms with E-state index < -0.39 is 12.0 Å². The lowest BCUT2D eigenvalue weighted by atomic mass is 9.95. The molecule has 0 aliphatic carbocycles. The Kier molecular flexibility index (Phi) is 8.69. The number of nitrogens with zero attached hydrogens (tertiary/aromatic N) is 3. The molecule has 0 unspecified atom stereocenters. The fourth-order valence-corrected chi connectivity index (χ4v) is 7.02. The molecule has 0 amide bonds. The molecule has 0 N–H and O–H groups in total. The molecule has 0 saturated carbocycles. The number of para-hydroxylation sites is 1. The Morgan fingerprint density at radius 1 is 1.04 bits per heavy atom. The van der Waals surface area contributed by atoms with Gasteiger partial charge < -0.3 is 18.8 Å². The molecule has 46 heavy (non-hydrogen) atoms. The Hall–Kier alpha value is -4.89. The van der Waals surface area contributed by atoms with E-state index in [1.54, 1.807) is 25.5 Å². The highest BCUT2D eigenvalue weighted by Gasteiger charge is 2.34. The van der Waals surface area contributed by atoms with Crippen LogP contribution < -0.4 is 24.4 Å². The molecule has 3 heterocycles. The fraction of sp³-hybridized carbons (Fsp3) is 0.270. The monoisotopic (exact) mass is 635 g/mol. The van der Waals surface area contributed by atoms with Crippen LogP contribution in [0, 0.1) is 6.92 Å². The number of carbonyl (C=O) groups excluding carboxylic acids is 1. The number of aromatic nitrogens is 2. The van der Waals surface area contributed by atoms with Gasteiger partial charge in [-0.1, -0.05) is 65.4 Å². The standard InChI is InChI=1S/C37H37N3O5S/c1-7-44-36(42)33-24(5)38-37-40(34(33)26-15-16-30(45-22(2)3)31(18-26)43-6)35(41)32(46-37)19-27-21-39(29-14-9-8-13-28(27)29)20-25-12-10-11-23(4)17-25/h8-19,21-22,34H,7,20H2,1-6H3/b32-19-/t34-/m1/s1. The summed E-state index contributed by atoms with van der Waals surface area (Å²) in [5.74, 6) is 0.574. The zero-order valence-electron chi connectivity index (χ0n) is 26.9. The summed E-state index contributed by atoms with van der Waals surface area (Å²) in [5, 5.41) is 1.05. The van der Waals surface area contributed by atoms with Crippen molar-refractivity contribution in [1.82, 2.24) is 9.13 Å². The molecule has 236 valence electrons. The quantitative estimate of drug-likeness (QED) is 0.188. The molecule has 2 aromatic heterocycles. The zero-order valence-corrected chi connectivity index (χ0v) is 27.7. The minimum Gasteiger partial charge on any atom is -0.493 e. The van der Waals surface area contributed by atoms with Crippen molar-refractivity contribution in [2.24, 2.45) is 4.99 Å². The molecule has 0 radical (unpaired) electrons. The molecule has 9 heteroatoms. The molecule has 8 nitrogen and oxygen atoms in total. The van der Waals surface area contributed by atoms with Crippen molar-refractivity contribution in [1.29, 1.82) is 0 Å². The Balaban J connectivity index is 1.51. The maximum Gasteiger partial charge on any atom is 0.338 e. The van der Waals surface area contributed by atoms with E-state index in [1.165, 1.54) is 22.5 Å². The topological polar surface area (TPSA) is 84.1 Å². The molecule has 5 aromatic rings. The average Bonchev–Trinajstić information content (AvgIpc) is 3.52. The van der Waals surface area contributed by atoms with Crippen LogP contribution in [0.1, 0.15) is 56.0 Å². The fourth-order valence-electron chi connectivity index (χ4n) is 5.98. The molecule has 0 saturated heterocycles. The molecule has 0 spiro atoms. The molecule has 1 aliphatic heterocycles. The number of allylic oxidation sites excluding steroid dienone is 1. The van der Waals surface area contributed by atoms with Crippen molar-refractivity contribution < 1.29 is 19.0 Å². The number of hydrogen-bond acceptors (Lipinski definition) is 7. The van der Waals surface area contributed by atoms with Crippen LogP contribution in [0.4, 0.5) is 0 Å². The van der Waals surface area contributed by atoms with E-state index in [0.717, 1.165) is 16.5 Å².